The molecule has 2 aliphatic rings. The predicted molar refractivity (Wildman–Crippen MR) is 116 cm³/mol. The lowest BCUT2D eigenvalue weighted by Gasteiger charge is -2.25. The first kappa shape index (κ1) is 23.0. The summed E-state index contributed by atoms with van der Waals surface area (Å²) in [6.07, 6.45) is 6.73. The number of unbranched alkanes of at least 4 members (excludes halogenated alkanes) is 3. The third-order valence-electron chi connectivity index (χ3n) is 6.31. The molecule has 164 valence electrons. The van der Waals surface area contributed by atoms with E-state index < -0.39 is 24.3 Å². The third kappa shape index (κ3) is 6.14. The van der Waals surface area contributed by atoms with E-state index in [1.807, 2.05) is 6.08 Å². The lowest BCUT2D eigenvalue weighted by atomic mass is 9.84. The fourth-order valence-corrected chi connectivity index (χ4v) is 5.28. The molecule has 0 bridgehead atoms. The number of carbonyl (C=O) groups is 1. The maximum absolute atomic E-state index is 10.7. The number of carboxylic acid groups (broad SMARTS) is 1. The van der Waals surface area contributed by atoms with Gasteiger partial charge >= 0.3 is 5.97 Å². The van der Waals surface area contributed by atoms with Gasteiger partial charge in [-0.3, -0.25) is 4.79 Å². The summed E-state index contributed by atoms with van der Waals surface area (Å²) in [5, 5.41) is 40.3. The number of rotatable bonds is 11. The molecule has 0 spiro atoms. The van der Waals surface area contributed by atoms with Crippen molar-refractivity contribution in [1.82, 2.24) is 4.98 Å². The van der Waals surface area contributed by atoms with Crippen molar-refractivity contribution in [3.63, 3.8) is 0 Å². The highest BCUT2D eigenvalue weighted by atomic mass is 32.1. The molecule has 0 saturated heterocycles. The van der Waals surface area contributed by atoms with Gasteiger partial charge in [0, 0.05) is 12.8 Å². The molecule has 4 N–H and O–H groups in total. The van der Waals surface area contributed by atoms with Gasteiger partial charge in [-0.2, -0.15) is 0 Å². The van der Waals surface area contributed by atoms with Crippen LogP contribution in [-0.4, -0.2) is 49.7 Å². The average Bonchev–Trinajstić information content (AvgIpc) is 3.18. The summed E-state index contributed by atoms with van der Waals surface area (Å²) in [7, 11) is 0. The Morgan fingerprint density at radius 2 is 1.90 bits per heavy atom. The molecular formula is C23H31NO5S. The highest BCUT2D eigenvalue weighted by Crippen LogP contribution is 2.39. The topological polar surface area (TPSA) is 111 Å². The van der Waals surface area contributed by atoms with Crippen LogP contribution < -0.4 is 0 Å². The first-order valence-electron chi connectivity index (χ1n) is 10.8. The Labute approximate surface area is 181 Å². The maximum atomic E-state index is 10.7. The number of aromatic nitrogens is 1. The molecule has 2 aliphatic carbocycles. The Balaban J connectivity index is 1.49. The number of carboxylic acids is 1. The molecule has 1 heterocycles. The molecular weight excluding hydrogens is 402 g/mol. The summed E-state index contributed by atoms with van der Waals surface area (Å²) >= 11 is 1.50. The lowest BCUT2D eigenvalue weighted by molar-refractivity contribution is -0.137. The van der Waals surface area contributed by atoms with Gasteiger partial charge in [0.2, 0.25) is 0 Å². The normalized spacial score (nSPS) is 26.3. The molecule has 7 heteroatoms. The van der Waals surface area contributed by atoms with Crippen molar-refractivity contribution < 1.29 is 25.2 Å². The summed E-state index contributed by atoms with van der Waals surface area (Å²) in [6.45, 7) is 0. The Kier molecular flexibility index (Phi) is 8.46. The van der Waals surface area contributed by atoms with E-state index in [0.717, 1.165) is 41.8 Å². The van der Waals surface area contributed by atoms with Gasteiger partial charge in [-0.05, 0) is 55.6 Å². The number of nitrogens with zero attached hydrogens (tertiary/aromatic N) is 1. The Morgan fingerprint density at radius 1 is 1.17 bits per heavy atom. The first-order chi connectivity index (χ1) is 14.5. The van der Waals surface area contributed by atoms with Crippen LogP contribution in [0.3, 0.4) is 0 Å². The van der Waals surface area contributed by atoms with Crippen LogP contribution in [0.5, 0.6) is 0 Å². The van der Waals surface area contributed by atoms with Crippen molar-refractivity contribution in [3.05, 3.63) is 21.7 Å². The largest absolute Gasteiger partial charge is 0.481 e. The van der Waals surface area contributed by atoms with Crippen molar-refractivity contribution in [2.24, 2.45) is 11.8 Å². The van der Waals surface area contributed by atoms with E-state index in [9.17, 15) is 20.1 Å². The highest BCUT2D eigenvalue weighted by Gasteiger charge is 2.41. The smallest absolute Gasteiger partial charge is 0.303 e. The Morgan fingerprint density at radius 3 is 2.67 bits per heavy atom. The van der Waals surface area contributed by atoms with Crippen molar-refractivity contribution >= 4 is 23.4 Å². The molecule has 5 atom stereocenters. The van der Waals surface area contributed by atoms with Crippen LogP contribution in [-0.2, 0) is 4.79 Å². The van der Waals surface area contributed by atoms with Crippen LogP contribution in [0.25, 0.3) is 6.08 Å². The number of aliphatic hydroxyl groups is 3. The predicted octanol–water partition coefficient (Wildman–Crippen LogP) is 3.21. The van der Waals surface area contributed by atoms with Crippen molar-refractivity contribution in [1.29, 1.82) is 0 Å². The Bertz CT molecular complexity index is 808. The number of hydrogen-bond acceptors (Lipinski definition) is 6. The van der Waals surface area contributed by atoms with Gasteiger partial charge in [0.05, 0.1) is 29.5 Å². The number of aliphatic carboxylic acids is 1. The minimum absolute atomic E-state index is 0.0269. The van der Waals surface area contributed by atoms with Crippen molar-refractivity contribution in [3.8, 4) is 11.8 Å². The molecule has 6 nitrogen and oxygen atoms in total. The fraction of sp³-hybridized carbons (Fsp3) is 0.652. The fourth-order valence-electron chi connectivity index (χ4n) is 4.64. The minimum Gasteiger partial charge on any atom is -0.481 e. The zero-order chi connectivity index (χ0) is 21.5. The van der Waals surface area contributed by atoms with E-state index in [-0.39, 0.29) is 18.3 Å². The van der Waals surface area contributed by atoms with Gasteiger partial charge < -0.3 is 20.4 Å². The summed E-state index contributed by atoms with van der Waals surface area (Å²) in [5.41, 5.74) is 3.43. The van der Waals surface area contributed by atoms with E-state index >= 15 is 0 Å². The van der Waals surface area contributed by atoms with E-state index in [0.29, 0.717) is 32.1 Å². The van der Waals surface area contributed by atoms with E-state index in [2.05, 4.69) is 16.8 Å². The zero-order valence-corrected chi connectivity index (χ0v) is 18.0. The van der Waals surface area contributed by atoms with Crippen molar-refractivity contribution in [2.75, 3.05) is 0 Å². The summed E-state index contributed by atoms with van der Waals surface area (Å²) in [4.78, 5) is 15.8. The van der Waals surface area contributed by atoms with Gasteiger partial charge in [-0.15, -0.1) is 11.3 Å². The average molecular weight is 434 g/mol. The van der Waals surface area contributed by atoms with Crippen LogP contribution in [0.1, 0.15) is 74.8 Å². The number of fused-ring (bicyclic) bond motifs is 1. The summed E-state index contributed by atoms with van der Waals surface area (Å²) < 4.78 is 0. The molecule has 30 heavy (non-hydrogen) atoms. The molecule has 1 fully saturated rings. The second-order valence-corrected chi connectivity index (χ2v) is 9.26. The van der Waals surface area contributed by atoms with E-state index in [1.54, 1.807) is 5.51 Å². The van der Waals surface area contributed by atoms with Crippen LogP contribution in [0, 0.1) is 23.7 Å². The lowest BCUT2D eigenvalue weighted by Crippen LogP contribution is -2.24. The Hall–Kier alpha value is -1.72. The standard InChI is InChI=1S/C23H31NO5S/c25-19(15-6-5-8-22-18(12-15)24-14-30-22)11-10-17-16(20(26)13-21(17)27)7-3-1-2-4-9-23(28)29/h12,14,16-17,19-21,25-27H,1-4,6-7,9-11,13H2,(H,28,29). The highest BCUT2D eigenvalue weighted by molar-refractivity contribution is 7.10. The maximum Gasteiger partial charge on any atom is 0.303 e. The van der Waals surface area contributed by atoms with Gasteiger partial charge in [0.1, 0.15) is 4.88 Å². The number of hydrogen-bond donors (Lipinski definition) is 4. The molecule has 0 aromatic carbocycles. The van der Waals surface area contributed by atoms with E-state index in [4.69, 9.17) is 5.11 Å². The molecule has 1 aromatic rings. The summed E-state index contributed by atoms with van der Waals surface area (Å²) in [5.74, 6) is 5.42. The number of aliphatic hydroxyl groups excluding tert-OH is 3. The second kappa shape index (κ2) is 11.1. The molecule has 3 rings (SSSR count). The molecule has 5 unspecified atom stereocenters. The van der Waals surface area contributed by atoms with E-state index in [1.165, 1.54) is 11.3 Å². The first-order valence-corrected chi connectivity index (χ1v) is 11.7. The van der Waals surface area contributed by atoms with Gasteiger partial charge in [0.15, 0.2) is 0 Å². The number of thiazole rings is 1. The molecule has 0 amide bonds. The third-order valence-corrected chi connectivity index (χ3v) is 7.07. The van der Waals surface area contributed by atoms with Crippen LogP contribution >= 0.6 is 11.3 Å². The quantitative estimate of drug-likeness (QED) is 0.315. The van der Waals surface area contributed by atoms with Crippen molar-refractivity contribution in [2.45, 2.75) is 82.5 Å². The summed E-state index contributed by atoms with van der Waals surface area (Å²) in [6, 6.07) is 0. The molecule has 0 radical (unpaired) electrons. The van der Waals surface area contributed by atoms with Gasteiger partial charge in [0.25, 0.3) is 0 Å². The molecule has 0 aliphatic heterocycles. The van der Waals surface area contributed by atoms with Crippen LogP contribution in [0.2, 0.25) is 0 Å². The van der Waals surface area contributed by atoms with Gasteiger partial charge in [-0.25, -0.2) is 4.98 Å². The monoisotopic (exact) mass is 433 g/mol. The molecule has 1 saturated carbocycles. The zero-order valence-electron chi connectivity index (χ0n) is 17.2. The SMILES string of the molecule is O=C(O)CCCCCCC1C(O)CC(O)C1CCC(O)C1=Cc2ncsc2C#CC1. The second-order valence-electron chi connectivity index (χ2n) is 8.40. The molecule has 1 aromatic heterocycles. The minimum atomic E-state index is -0.760. The van der Waals surface area contributed by atoms with Gasteiger partial charge in [-0.1, -0.05) is 31.1 Å². The van der Waals surface area contributed by atoms with Crippen LogP contribution in [0.15, 0.2) is 11.1 Å². The van der Waals surface area contributed by atoms with Crippen LogP contribution in [0.4, 0.5) is 0 Å².